The van der Waals surface area contributed by atoms with Gasteiger partial charge in [-0.3, -0.25) is 19.1 Å². The molecule has 0 aliphatic carbocycles. The highest BCUT2D eigenvalue weighted by atomic mass is 31.2. The summed E-state index contributed by atoms with van der Waals surface area (Å²) in [4.78, 5) is 27.7. The summed E-state index contributed by atoms with van der Waals surface area (Å²) in [5.41, 5.74) is 0.536. The lowest BCUT2D eigenvalue weighted by atomic mass is 10.1. The Balaban J connectivity index is 1.92. The lowest BCUT2D eigenvalue weighted by Crippen LogP contribution is -2.36. The summed E-state index contributed by atoms with van der Waals surface area (Å²) in [6, 6.07) is 7.68. The van der Waals surface area contributed by atoms with E-state index in [2.05, 4.69) is 4.98 Å². The van der Waals surface area contributed by atoms with Gasteiger partial charge in [0.05, 0.1) is 25.0 Å². The molecule has 2 atom stereocenters. The molecule has 30 heavy (non-hydrogen) atoms. The lowest BCUT2D eigenvalue weighted by Gasteiger charge is -2.30. The molecule has 160 valence electrons. The quantitative estimate of drug-likeness (QED) is 0.380. The second kappa shape index (κ2) is 9.38. The van der Waals surface area contributed by atoms with Crippen LogP contribution < -0.4 is 4.52 Å². The molecule has 0 amide bonds. The second-order valence-corrected chi connectivity index (χ2v) is 8.63. The van der Waals surface area contributed by atoms with Crippen LogP contribution in [0.25, 0.3) is 0 Å². The third-order valence-corrected chi connectivity index (χ3v) is 6.84. The number of aromatic nitrogens is 1. The first-order valence-corrected chi connectivity index (χ1v) is 10.9. The van der Waals surface area contributed by atoms with Crippen molar-refractivity contribution in [1.82, 2.24) is 9.65 Å². The Labute approximate surface area is 174 Å². The van der Waals surface area contributed by atoms with Gasteiger partial charge in [-0.15, -0.1) is 0 Å². The number of carbonyl (C=O) groups is 2. The number of ether oxygens (including phenoxy) is 1. The Hall–Kier alpha value is -2.74. The monoisotopic (exact) mass is 434 g/mol. The molecule has 2 heterocycles. The van der Waals surface area contributed by atoms with E-state index in [1.165, 1.54) is 18.0 Å². The van der Waals surface area contributed by atoms with Crippen molar-refractivity contribution in [3.8, 4) is 11.5 Å². The van der Waals surface area contributed by atoms with E-state index in [9.17, 15) is 19.3 Å². The van der Waals surface area contributed by atoms with Gasteiger partial charge in [-0.2, -0.15) is 4.67 Å². The number of aryl methyl sites for hydroxylation is 1. The predicted octanol–water partition coefficient (Wildman–Crippen LogP) is 3.25. The highest BCUT2D eigenvalue weighted by Gasteiger charge is 2.46. The first kappa shape index (κ1) is 22.0. The van der Waals surface area contributed by atoms with Crippen molar-refractivity contribution in [1.29, 1.82) is 0 Å². The largest absolute Gasteiger partial charge is 0.505 e. The molecule has 0 bridgehead atoms. The highest BCUT2D eigenvalue weighted by Crippen LogP contribution is 2.56. The van der Waals surface area contributed by atoms with Gasteiger partial charge < -0.3 is 14.4 Å². The third-order valence-electron chi connectivity index (χ3n) is 4.84. The molecule has 1 aliphatic heterocycles. The van der Waals surface area contributed by atoms with Crippen molar-refractivity contribution in [2.45, 2.75) is 32.4 Å². The molecule has 10 heteroatoms. The number of methoxy groups -OCH3 is 1. The van der Waals surface area contributed by atoms with Crippen molar-refractivity contribution in [3.05, 3.63) is 53.3 Å². The number of benzene rings is 1. The minimum Gasteiger partial charge on any atom is -0.505 e. The average Bonchev–Trinajstić information content (AvgIpc) is 3.25. The van der Waals surface area contributed by atoms with Crippen molar-refractivity contribution < 1.29 is 33.0 Å². The molecular weight excluding hydrogens is 411 g/mol. The molecule has 0 radical (unpaired) electrons. The Bertz CT molecular complexity index is 967. The summed E-state index contributed by atoms with van der Waals surface area (Å²) < 4.78 is 31.5. The molecule has 2 aromatic rings. The lowest BCUT2D eigenvalue weighted by molar-refractivity contribution is -0.144. The molecule has 1 fully saturated rings. The molecule has 3 rings (SSSR count). The van der Waals surface area contributed by atoms with Gasteiger partial charge in [0.15, 0.2) is 6.29 Å². The summed E-state index contributed by atoms with van der Waals surface area (Å²) >= 11 is 0. The van der Waals surface area contributed by atoms with E-state index in [1.54, 1.807) is 37.3 Å². The molecule has 1 N–H and O–H groups in total. The van der Waals surface area contributed by atoms with Gasteiger partial charge >= 0.3 is 13.7 Å². The zero-order valence-electron chi connectivity index (χ0n) is 16.7. The van der Waals surface area contributed by atoms with E-state index >= 15 is 0 Å². The van der Waals surface area contributed by atoms with Crippen LogP contribution in [0.1, 0.15) is 34.5 Å². The van der Waals surface area contributed by atoms with Gasteiger partial charge in [0, 0.05) is 18.3 Å². The van der Waals surface area contributed by atoms with Crippen LogP contribution >= 0.6 is 7.75 Å². The number of pyridine rings is 1. The summed E-state index contributed by atoms with van der Waals surface area (Å²) in [5.74, 6) is -0.494. The van der Waals surface area contributed by atoms with Gasteiger partial charge in [0.1, 0.15) is 17.5 Å². The van der Waals surface area contributed by atoms with Gasteiger partial charge in [0.25, 0.3) is 0 Å². The number of nitrogens with zero attached hydrogens (tertiary/aromatic N) is 2. The number of hydrogen-bond donors (Lipinski definition) is 1. The number of aldehydes is 1. The topological polar surface area (TPSA) is 115 Å². The van der Waals surface area contributed by atoms with Crippen LogP contribution in [0, 0.1) is 6.92 Å². The SMILES string of the molecule is COC(=O)[C@@H]1CCCN1P(=O)(OCc1cnc(C)c(O)c1C=O)Oc1ccccc1. The first-order valence-electron chi connectivity index (χ1n) is 9.36. The number of para-hydroxylation sites is 1. The standard InChI is InChI=1S/C20H23N2O7P/c1-14-19(24)17(12-23)15(11-21-14)13-28-30(26,29-16-7-4-3-5-8-16)22-10-6-9-18(22)20(25)27-2/h3-5,7-8,11-12,18,24H,6,9-10,13H2,1-2H3/t18-,30?/m0/s1. The maximum absolute atomic E-state index is 13.8. The van der Waals surface area contributed by atoms with E-state index in [4.69, 9.17) is 13.8 Å². The van der Waals surface area contributed by atoms with Crippen molar-refractivity contribution in [3.63, 3.8) is 0 Å². The fraction of sp³-hybridized carbons (Fsp3) is 0.350. The molecule has 9 nitrogen and oxygen atoms in total. The Kier molecular flexibility index (Phi) is 6.87. The fourth-order valence-corrected chi connectivity index (χ4v) is 5.17. The molecule has 1 aromatic carbocycles. The van der Waals surface area contributed by atoms with Crippen LogP contribution in [0.4, 0.5) is 0 Å². The summed E-state index contributed by atoms with van der Waals surface area (Å²) in [6.45, 7) is 1.55. The van der Waals surface area contributed by atoms with Gasteiger partial charge in [-0.1, -0.05) is 18.2 Å². The van der Waals surface area contributed by atoms with Gasteiger partial charge in [0.2, 0.25) is 0 Å². The zero-order valence-corrected chi connectivity index (χ0v) is 17.6. The van der Waals surface area contributed by atoms with Gasteiger partial charge in [-0.25, -0.2) is 4.57 Å². The average molecular weight is 434 g/mol. The smallest absolute Gasteiger partial charge is 0.462 e. The second-order valence-electron chi connectivity index (χ2n) is 6.74. The molecule has 0 saturated carbocycles. The predicted molar refractivity (Wildman–Crippen MR) is 107 cm³/mol. The van der Waals surface area contributed by atoms with Crippen molar-refractivity contribution in [2.24, 2.45) is 0 Å². The molecule has 1 unspecified atom stereocenters. The Morgan fingerprint density at radius 2 is 2.10 bits per heavy atom. The number of carbonyl (C=O) groups excluding carboxylic acids is 2. The number of rotatable bonds is 8. The minimum absolute atomic E-state index is 0.000277. The number of hydrogen-bond acceptors (Lipinski definition) is 8. The van der Waals surface area contributed by atoms with Crippen LogP contribution in [0.3, 0.4) is 0 Å². The molecule has 1 aromatic heterocycles. The number of aromatic hydroxyl groups is 1. The van der Waals surface area contributed by atoms with Crippen molar-refractivity contribution >= 4 is 20.0 Å². The third kappa shape index (κ3) is 4.53. The van der Waals surface area contributed by atoms with Crippen LogP contribution in [0.5, 0.6) is 11.5 Å². The molecule has 1 saturated heterocycles. The van der Waals surface area contributed by atoms with E-state index < -0.39 is 19.8 Å². The normalized spacial score (nSPS) is 18.5. The fourth-order valence-electron chi connectivity index (χ4n) is 3.24. The van der Waals surface area contributed by atoms with Crippen LogP contribution in [-0.2, 0) is 25.2 Å². The summed E-state index contributed by atoms with van der Waals surface area (Å²) in [7, 11) is -2.76. The summed E-state index contributed by atoms with van der Waals surface area (Å²) in [5, 5.41) is 10.1. The highest BCUT2D eigenvalue weighted by molar-refractivity contribution is 7.51. The van der Waals surface area contributed by atoms with Crippen LogP contribution in [0.15, 0.2) is 36.5 Å². The molecule has 1 aliphatic rings. The number of esters is 1. The van der Waals surface area contributed by atoms with Crippen molar-refractivity contribution in [2.75, 3.05) is 13.7 Å². The maximum Gasteiger partial charge on any atom is 0.462 e. The molecule has 0 spiro atoms. The van der Waals surface area contributed by atoms with E-state index in [0.29, 0.717) is 31.4 Å². The molecular formula is C20H23N2O7P. The zero-order chi connectivity index (χ0) is 21.7. The van der Waals surface area contributed by atoms with E-state index in [-0.39, 0.29) is 29.2 Å². The Morgan fingerprint density at radius 3 is 2.77 bits per heavy atom. The van der Waals surface area contributed by atoms with E-state index in [1.807, 2.05) is 0 Å². The van der Waals surface area contributed by atoms with Gasteiger partial charge in [-0.05, 0) is 31.9 Å². The Morgan fingerprint density at radius 1 is 1.37 bits per heavy atom. The van der Waals surface area contributed by atoms with E-state index in [0.717, 1.165) is 0 Å². The minimum atomic E-state index is -4.03. The van der Waals surface area contributed by atoms with Crippen LogP contribution in [0.2, 0.25) is 0 Å². The maximum atomic E-state index is 13.8. The first-order chi connectivity index (χ1) is 14.4. The van der Waals surface area contributed by atoms with Crippen LogP contribution in [-0.4, -0.2) is 46.7 Å². The summed E-state index contributed by atoms with van der Waals surface area (Å²) in [6.07, 6.45) is 2.91.